The van der Waals surface area contributed by atoms with E-state index in [1.165, 1.54) is 7.05 Å². The maximum absolute atomic E-state index is 11.6. The predicted octanol–water partition coefficient (Wildman–Crippen LogP) is -1.29. The van der Waals surface area contributed by atoms with Crippen LogP contribution >= 0.6 is 0 Å². The topological polar surface area (TPSA) is 69.8 Å². The molecule has 1 unspecified atom stereocenters. The van der Waals surface area contributed by atoms with Crippen LogP contribution in [0.5, 0.6) is 0 Å². The van der Waals surface area contributed by atoms with Gasteiger partial charge in [-0.2, -0.15) is 0 Å². The molecule has 0 aromatic heterocycles. The molecule has 1 aliphatic heterocycles. The van der Waals surface area contributed by atoms with E-state index in [2.05, 4.69) is 0 Å². The molecule has 1 amide bonds. The number of carbonyl (C=O) groups is 1. The number of carbonyl (C=O) groups excluding carboxylic acids is 1. The van der Waals surface area contributed by atoms with Gasteiger partial charge < -0.3 is 0 Å². The Morgan fingerprint density at radius 3 is 2.92 bits per heavy atom. The molecule has 1 heterocycles. The van der Waals surface area contributed by atoms with Gasteiger partial charge in [0, 0.05) is 0 Å². The Morgan fingerprint density at radius 1 is 1.85 bits per heavy atom. The van der Waals surface area contributed by atoms with Crippen LogP contribution in [0.25, 0.3) is 0 Å². The number of likely N-dealkylation sites (tertiary alicyclic amines) is 1. The van der Waals surface area contributed by atoms with Gasteiger partial charge in [0.15, 0.2) is 0 Å². The number of hydrogen-bond donors (Lipinski definition) is 2. The van der Waals surface area contributed by atoms with Crippen LogP contribution in [-0.2, 0) is 4.79 Å². The summed E-state index contributed by atoms with van der Waals surface area (Å²) in [5.41, 5.74) is 5.00. The standard InChI is InChI=1S/C7H14N3O2.Pb/c1-9-5-3-4-7(9,8)6(11)10(2)12;/h12H,1,3-5,8H2,2H3;. The van der Waals surface area contributed by atoms with Crippen LogP contribution in [0, 0.1) is 0 Å². The Labute approximate surface area is 93.5 Å². The summed E-state index contributed by atoms with van der Waals surface area (Å²) in [6.45, 7) is 0.861. The first-order chi connectivity index (χ1) is 6.02. The molecule has 0 aromatic rings. The molecule has 0 saturated carbocycles. The number of nitrogens with zero attached hydrogens (tertiary/aromatic N) is 2. The van der Waals surface area contributed by atoms with E-state index in [4.69, 9.17) is 10.9 Å². The SMILES string of the molecule is CN(O)C(=O)C1(N)CCCN1[CH2][Pb]. The van der Waals surface area contributed by atoms with Crippen LogP contribution in [0.4, 0.5) is 0 Å². The molecule has 1 atom stereocenters. The third kappa shape index (κ3) is 2.03. The minimum atomic E-state index is -0.953. The van der Waals surface area contributed by atoms with Crippen LogP contribution < -0.4 is 5.73 Å². The fourth-order valence-corrected chi connectivity index (χ4v) is 3.35. The fraction of sp³-hybridized carbons (Fsp3) is 0.857. The summed E-state index contributed by atoms with van der Waals surface area (Å²) >= 11 is 0.988. The predicted molar refractivity (Wildman–Crippen MR) is 48.0 cm³/mol. The van der Waals surface area contributed by atoms with Crippen molar-refractivity contribution in [1.82, 2.24) is 9.96 Å². The fourth-order valence-electron chi connectivity index (χ4n) is 1.64. The molecule has 0 aromatic carbocycles. The van der Waals surface area contributed by atoms with E-state index in [0.717, 1.165) is 42.8 Å². The summed E-state index contributed by atoms with van der Waals surface area (Å²) in [7, 11) is 1.32. The molecule has 3 radical (unpaired) electrons. The Kier molecular flexibility index (Phi) is 3.66. The van der Waals surface area contributed by atoms with E-state index in [0.29, 0.717) is 11.5 Å². The number of amides is 1. The van der Waals surface area contributed by atoms with Crippen molar-refractivity contribution in [1.29, 1.82) is 0 Å². The minimum absolute atomic E-state index is 0.402. The van der Waals surface area contributed by atoms with E-state index >= 15 is 0 Å². The molecule has 6 heteroatoms. The molecule has 1 rings (SSSR count). The Morgan fingerprint density at radius 2 is 2.46 bits per heavy atom. The molecule has 1 saturated heterocycles. The van der Waals surface area contributed by atoms with E-state index < -0.39 is 11.6 Å². The van der Waals surface area contributed by atoms with E-state index in [1.54, 1.807) is 0 Å². The zero-order valence-electron chi connectivity index (χ0n) is 7.66. The van der Waals surface area contributed by atoms with Crippen molar-refractivity contribution in [2.45, 2.75) is 18.5 Å². The summed E-state index contributed by atoms with van der Waals surface area (Å²) in [4.78, 5) is 13.5. The van der Waals surface area contributed by atoms with E-state index in [9.17, 15) is 4.79 Å². The van der Waals surface area contributed by atoms with Crippen molar-refractivity contribution in [3.63, 3.8) is 0 Å². The number of likely N-dealkylation sites (N-methyl/N-ethyl adjacent to an activating group) is 1. The molecule has 1 aliphatic rings. The van der Waals surface area contributed by atoms with Crippen molar-refractivity contribution >= 4 is 31.7 Å². The van der Waals surface area contributed by atoms with Crippen LogP contribution in [0.15, 0.2) is 0 Å². The third-order valence-electron chi connectivity index (χ3n) is 2.41. The van der Waals surface area contributed by atoms with E-state index in [-0.39, 0.29) is 0 Å². The molecular formula is C7H14N3O2Pb. The van der Waals surface area contributed by atoms with Crippen molar-refractivity contribution < 1.29 is 10.0 Å². The molecule has 5 nitrogen and oxygen atoms in total. The van der Waals surface area contributed by atoms with Crippen molar-refractivity contribution in [3.05, 3.63) is 0 Å². The van der Waals surface area contributed by atoms with Gasteiger partial charge >= 0.3 is 93.6 Å². The van der Waals surface area contributed by atoms with E-state index in [1.807, 2.05) is 4.90 Å². The van der Waals surface area contributed by atoms with Gasteiger partial charge in [0.1, 0.15) is 0 Å². The normalized spacial score (nSPS) is 29.2. The molecule has 0 spiro atoms. The summed E-state index contributed by atoms with van der Waals surface area (Å²) in [5, 5.41) is 9.64. The van der Waals surface area contributed by atoms with Gasteiger partial charge in [-0.05, 0) is 0 Å². The first-order valence-corrected chi connectivity index (χ1v) is 6.93. The second-order valence-electron chi connectivity index (χ2n) is 3.28. The molecule has 0 aliphatic carbocycles. The van der Waals surface area contributed by atoms with Crippen LogP contribution in [0.3, 0.4) is 0 Å². The van der Waals surface area contributed by atoms with Crippen molar-refractivity contribution in [3.8, 4) is 0 Å². The van der Waals surface area contributed by atoms with Crippen molar-refractivity contribution in [2.75, 3.05) is 17.7 Å². The van der Waals surface area contributed by atoms with Gasteiger partial charge in [-0.1, -0.05) is 0 Å². The molecule has 3 N–H and O–H groups in total. The molecular weight excluding hydrogens is 365 g/mol. The number of nitrogens with two attached hydrogens (primary N) is 1. The molecule has 13 heavy (non-hydrogen) atoms. The molecule has 1 fully saturated rings. The summed E-state index contributed by atoms with van der Waals surface area (Å²) in [6, 6.07) is 0. The second-order valence-corrected chi connectivity index (χ2v) is 4.51. The number of hydrogen-bond acceptors (Lipinski definition) is 4. The Balaban J connectivity index is 2.79. The number of hydroxylamine groups is 2. The van der Waals surface area contributed by atoms with Gasteiger partial charge in [0.2, 0.25) is 0 Å². The Bertz CT molecular complexity index is 212. The average Bonchev–Trinajstić information content (AvgIpc) is 2.46. The van der Waals surface area contributed by atoms with Gasteiger partial charge in [-0.15, -0.1) is 0 Å². The van der Waals surface area contributed by atoms with Crippen LogP contribution in [-0.4, -0.2) is 70.2 Å². The first-order valence-electron chi connectivity index (χ1n) is 4.18. The third-order valence-corrected chi connectivity index (χ3v) is 3.89. The van der Waals surface area contributed by atoms with Gasteiger partial charge in [-0.25, -0.2) is 0 Å². The molecule has 0 bridgehead atoms. The summed E-state index contributed by atoms with van der Waals surface area (Å²) in [5.74, 6) is -0.402. The van der Waals surface area contributed by atoms with Gasteiger partial charge in [-0.3, -0.25) is 0 Å². The Hall–Kier alpha value is 0.272. The number of rotatable bonds is 2. The van der Waals surface area contributed by atoms with Crippen molar-refractivity contribution in [2.24, 2.45) is 5.73 Å². The zero-order chi connectivity index (χ0) is 10.1. The summed E-state index contributed by atoms with van der Waals surface area (Å²) in [6.07, 6.45) is 1.57. The van der Waals surface area contributed by atoms with Crippen LogP contribution in [0.2, 0.25) is 0 Å². The quantitative estimate of drug-likeness (QED) is 0.356. The monoisotopic (exact) mass is 380 g/mol. The first kappa shape index (κ1) is 11.3. The average molecular weight is 379 g/mol. The maximum atomic E-state index is 11.6. The van der Waals surface area contributed by atoms with Crippen LogP contribution in [0.1, 0.15) is 12.8 Å². The summed E-state index contributed by atoms with van der Waals surface area (Å²) < 4.78 is 0.871. The molecule has 73 valence electrons. The zero-order valence-corrected chi connectivity index (χ0v) is 11.5. The second kappa shape index (κ2) is 4.20. The van der Waals surface area contributed by atoms with Gasteiger partial charge in [0.25, 0.3) is 0 Å². The van der Waals surface area contributed by atoms with Gasteiger partial charge in [0.05, 0.1) is 0 Å².